The molecule has 0 radical (unpaired) electrons. The van der Waals surface area contributed by atoms with Gasteiger partial charge in [0.1, 0.15) is 22.9 Å². The molecule has 1 aliphatic heterocycles. The van der Waals surface area contributed by atoms with E-state index in [-0.39, 0.29) is 5.91 Å². The van der Waals surface area contributed by atoms with E-state index in [0.29, 0.717) is 22.9 Å². The maximum absolute atomic E-state index is 12.2. The Morgan fingerprint density at radius 3 is 2.59 bits per heavy atom. The van der Waals surface area contributed by atoms with Gasteiger partial charge in [0, 0.05) is 11.6 Å². The van der Waals surface area contributed by atoms with Crippen molar-refractivity contribution in [2.75, 3.05) is 19.5 Å². The minimum Gasteiger partial charge on any atom is -0.497 e. The van der Waals surface area contributed by atoms with Crippen molar-refractivity contribution in [3.63, 3.8) is 0 Å². The molecule has 0 spiro atoms. The number of rotatable bonds is 3. The largest absolute Gasteiger partial charge is 0.497 e. The fourth-order valence-corrected chi connectivity index (χ4v) is 2.38. The fourth-order valence-electron chi connectivity index (χ4n) is 2.38. The van der Waals surface area contributed by atoms with Crippen molar-refractivity contribution in [3.05, 3.63) is 47.5 Å². The zero-order valence-corrected chi connectivity index (χ0v) is 12.6. The van der Waals surface area contributed by atoms with Crippen LogP contribution >= 0.6 is 0 Å². The zero-order valence-electron chi connectivity index (χ0n) is 12.6. The molecule has 0 bridgehead atoms. The number of hydrogen-bond donors (Lipinski definition) is 1. The molecule has 1 N–H and O–H groups in total. The molecular formula is C17H16N2O3. The minimum absolute atomic E-state index is 0.210. The predicted octanol–water partition coefficient (Wildman–Crippen LogP) is 3.09. The molecule has 5 heteroatoms. The second-order valence-electron chi connectivity index (χ2n) is 5.00. The van der Waals surface area contributed by atoms with Gasteiger partial charge in [0.25, 0.3) is 5.91 Å². The Bertz CT molecular complexity index is 781. The van der Waals surface area contributed by atoms with E-state index >= 15 is 0 Å². The number of carbonyl (C=O) groups excluding carboxylic acids is 1. The summed E-state index contributed by atoms with van der Waals surface area (Å²) >= 11 is 0. The van der Waals surface area contributed by atoms with Crippen molar-refractivity contribution in [1.29, 1.82) is 0 Å². The molecule has 1 aliphatic rings. The van der Waals surface area contributed by atoms with Crippen LogP contribution in [0.25, 0.3) is 0 Å². The molecule has 1 heterocycles. The maximum atomic E-state index is 12.2. The number of hydrogen-bond acceptors (Lipinski definition) is 4. The van der Waals surface area contributed by atoms with Crippen molar-refractivity contribution in [3.8, 4) is 11.5 Å². The van der Waals surface area contributed by atoms with E-state index in [1.807, 2.05) is 25.1 Å². The number of nitrogens with zero attached hydrogens (tertiary/aromatic N) is 1. The van der Waals surface area contributed by atoms with Gasteiger partial charge in [-0.1, -0.05) is 11.6 Å². The standard InChI is InChI=1S/C17H16N2O3/c1-10-4-6-13-12(8-10)16(17(20)19-13)18-14-7-5-11(21-2)9-15(14)22-3/h4-9H,1-3H3,(H,18,19,20). The van der Waals surface area contributed by atoms with Gasteiger partial charge in [-0.3, -0.25) is 4.79 Å². The van der Waals surface area contributed by atoms with Crippen molar-refractivity contribution in [2.45, 2.75) is 6.92 Å². The summed E-state index contributed by atoms with van der Waals surface area (Å²) < 4.78 is 10.5. The Kier molecular flexibility index (Phi) is 3.55. The number of amides is 1. The van der Waals surface area contributed by atoms with E-state index in [2.05, 4.69) is 10.3 Å². The Hall–Kier alpha value is -2.82. The first-order valence-corrected chi connectivity index (χ1v) is 6.85. The normalized spacial score (nSPS) is 14.7. The van der Waals surface area contributed by atoms with E-state index in [9.17, 15) is 4.79 Å². The zero-order chi connectivity index (χ0) is 15.7. The Balaban J connectivity index is 2.10. The number of anilines is 1. The Morgan fingerprint density at radius 1 is 1.05 bits per heavy atom. The van der Waals surface area contributed by atoms with Crippen LogP contribution in [-0.4, -0.2) is 25.8 Å². The molecule has 22 heavy (non-hydrogen) atoms. The highest BCUT2D eigenvalue weighted by atomic mass is 16.5. The first kappa shape index (κ1) is 14.1. The van der Waals surface area contributed by atoms with Crippen molar-refractivity contribution >= 4 is 23.0 Å². The highest BCUT2D eigenvalue weighted by molar-refractivity contribution is 6.54. The van der Waals surface area contributed by atoms with Gasteiger partial charge in [-0.15, -0.1) is 0 Å². The van der Waals surface area contributed by atoms with Crippen LogP contribution in [0.2, 0.25) is 0 Å². The summed E-state index contributed by atoms with van der Waals surface area (Å²) in [6.07, 6.45) is 0. The van der Waals surface area contributed by atoms with Gasteiger partial charge in [-0.2, -0.15) is 0 Å². The van der Waals surface area contributed by atoms with Gasteiger partial charge in [-0.25, -0.2) is 4.99 Å². The molecule has 0 saturated heterocycles. The monoisotopic (exact) mass is 296 g/mol. The Morgan fingerprint density at radius 2 is 1.86 bits per heavy atom. The second-order valence-corrected chi connectivity index (χ2v) is 5.00. The van der Waals surface area contributed by atoms with Gasteiger partial charge < -0.3 is 14.8 Å². The minimum atomic E-state index is -0.210. The summed E-state index contributed by atoms with van der Waals surface area (Å²) in [5.41, 5.74) is 3.64. The lowest BCUT2D eigenvalue weighted by atomic mass is 10.1. The Labute approximate surface area is 128 Å². The molecule has 2 aromatic rings. The van der Waals surface area contributed by atoms with Crippen LogP contribution < -0.4 is 14.8 Å². The lowest BCUT2D eigenvalue weighted by Gasteiger charge is -2.07. The molecular weight excluding hydrogens is 280 g/mol. The van der Waals surface area contributed by atoms with Crippen molar-refractivity contribution in [1.82, 2.24) is 0 Å². The van der Waals surface area contributed by atoms with Crippen molar-refractivity contribution in [2.24, 2.45) is 4.99 Å². The van der Waals surface area contributed by atoms with E-state index in [4.69, 9.17) is 9.47 Å². The highest BCUT2D eigenvalue weighted by Crippen LogP contribution is 2.34. The average molecular weight is 296 g/mol. The first-order chi connectivity index (χ1) is 10.6. The third-order valence-electron chi connectivity index (χ3n) is 3.51. The third-order valence-corrected chi connectivity index (χ3v) is 3.51. The summed E-state index contributed by atoms with van der Waals surface area (Å²) in [5.74, 6) is 1.02. The SMILES string of the molecule is COc1ccc(N=C2C(=O)Nc3ccc(C)cc32)c(OC)c1. The van der Waals surface area contributed by atoms with Gasteiger partial charge in [-0.05, 0) is 31.2 Å². The van der Waals surface area contributed by atoms with Crippen LogP contribution in [0.1, 0.15) is 11.1 Å². The molecule has 112 valence electrons. The number of fused-ring (bicyclic) bond motifs is 1. The number of ether oxygens (including phenoxy) is 2. The molecule has 1 amide bonds. The van der Waals surface area contributed by atoms with E-state index in [1.54, 1.807) is 32.4 Å². The summed E-state index contributed by atoms with van der Waals surface area (Å²) in [6.45, 7) is 1.98. The van der Waals surface area contributed by atoms with Gasteiger partial charge in [0.05, 0.1) is 19.9 Å². The number of nitrogens with one attached hydrogen (secondary N) is 1. The van der Waals surface area contributed by atoms with Gasteiger partial charge in [0.2, 0.25) is 0 Å². The number of carbonyl (C=O) groups is 1. The van der Waals surface area contributed by atoms with Crippen LogP contribution in [-0.2, 0) is 4.79 Å². The summed E-state index contributed by atoms with van der Waals surface area (Å²) in [5, 5.41) is 2.82. The lowest BCUT2D eigenvalue weighted by molar-refractivity contribution is -0.110. The molecule has 2 aromatic carbocycles. The topological polar surface area (TPSA) is 59.9 Å². The van der Waals surface area contributed by atoms with Crippen LogP contribution in [0.4, 0.5) is 11.4 Å². The quantitative estimate of drug-likeness (QED) is 0.947. The molecule has 0 atom stereocenters. The lowest BCUT2D eigenvalue weighted by Crippen LogP contribution is -2.14. The number of methoxy groups -OCH3 is 2. The smallest absolute Gasteiger partial charge is 0.275 e. The van der Waals surface area contributed by atoms with Crippen LogP contribution in [0.5, 0.6) is 11.5 Å². The third kappa shape index (κ3) is 2.41. The van der Waals surface area contributed by atoms with E-state index in [1.165, 1.54) is 0 Å². The van der Waals surface area contributed by atoms with Gasteiger partial charge >= 0.3 is 0 Å². The summed E-state index contributed by atoms with van der Waals surface area (Å²) in [6, 6.07) is 11.1. The molecule has 3 rings (SSSR count). The molecule has 0 fully saturated rings. The number of aryl methyl sites for hydroxylation is 1. The number of benzene rings is 2. The van der Waals surface area contributed by atoms with Crippen LogP contribution in [0.3, 0.4) is 0 Å². The van der Waals surface area contributed by atoms with Gasteiger partial charge in [0.15, 0.2) is 0 Å². The molecule has 5 nitrogen and oxygen atoms in total. The molecule has 0 aliphatic carbocycles. The van der Waals surface area contributed by atoms with E-state index < -0.39 is 0 Å². The fraction of sp³-hybridized carbons (Fsp3) is 0.176. The van der Waals surface area contributed by atoms with Crippen LogP contribution in [0.15, 0.2) is 41.4 Å². The maximum Gasteiger partial charge on any atom is 0.275 e. The van der Waals surface area contributed by atoms with Crippen LogP contribution in [0, 0.1) is 6.92 Å². The average Bonchev–Trinajstić information content (AvgIpc) is 2.83. The highest BCUT2D eigenvalue weighted by Gasteiger charge is 2.26. The molecule has 0 aromatic heterocycles. The predicted molar refractivity (Wildman–Crippen MR) is 85.6 cm³/mol. The second kappa shape index (κ2) is 5.52. The summed E-state index contributed by atoms with van der Waals surface area (Å²) in [7, 11) is 3.15. The first-order valence-electron chi connectivity index (χ1n) is 6.85. The number of aliphatic imine (C=N–C) groups is 1. The van der Waals surface area contributed by atoms with E-state index in [0.717, 1.165) is 16.8 Å². The molecule has 0 unspecified atom stereocenters. The van der Waals surface area contributed by atoms with Crippen molar-refractivity contribution < 1.29 is 14.3 Å². The molecule has 0 saturated carbocycles. The summed E-state index contributed by atoms with van der Waals surface area (Å²) in [4.78, 5) is 16.7.